The van der Waals surface area contributed by atoms with Gasteiger partial charge in [-0.05, 0) is 37.8 Å². The normalized spacial score (nSPS) is 26.7. The first kappa shape index (κ1) is 10.5. The molecule has 1 aliphatic heterocycles. The van der Waals surface area contributed by atoms with Gasteiger partial charge in [0.2, 0.25) is 0 Å². The van der Waals surface area contributed by atoms with Crippen LogP contribution in [0.5, 0.6) is 5.75 Å². The van der Waals surface area contributed by atoms with Gasteiger partial charge in [0.05, 0.1) is 6.10 Å². The minimum atomic E-state index is -0.408. The highest BCUT2D eigenvalue weighted by molar-refractivity contribution is 5.39. The molecule has 3 unspecified atom stereocenters. The third-order valence-electron chi connectivity index (χ3n) is 3.06. The van der Waals surface area contributed by atoms with Gasteiger partial charge in [0.15, 0.2) is 0 Å². The van der Waals surface area contributed by atoms with Crippen molar-refractivity contribution in [1.82, 2.24) is 0 Å². The fourth-order valence-electron chi connectivity index (χ4n) is 2.28. The second-order valence-corrected chi connectivity index (χ2v) is 4.62. The average molecular weight is 206 g/mol. The summed E-state index contributed by atoms with van der Waals surface area (Å²) in [6.07, 6.45) is 0.515. The van der Waals surface area contributed by atoms with Crippen LogP contribution in [0.2, 0.25) is 0 Å². The number of rotatable bonds is 1. The molecule has 0 spiro atoms. The molecule has 0 saturated carbocycles. The van der Waals surface area contributed by atoms with Crippen LogP contribution in [0.1, 0.15) is 25.0 Å². The Kier molecular flexibility index (Phi) is 2.70. The Hall–Kier alpha value is -1.02. The average Bonchev–Trinajstić information content (AvgIpc) is 2.15. The lowest BCUT2D eigenvalue weighted by Gasteiger charge is -2.33. The highest BCUT2D eigenvalue weighted by Gasteiger charge is 2.29. The molecule has 0 saturated heterocycles. The molecule has 15 heavy (non-hydrogen) atoms. The lowest BCUT2D eigenvalue weighted by Crippen LogP contribution is -2.39. The molecule has 1 aromatic rings. The lowest BCUT2D eigenvalue weighted by atomic mass is 9.89. The van der Waals surface area contributed by atoms with Crippen LogP contribution in [-0.2, 0) is 6.42 Å². The molecular formula is C13H18O2. The van der Waals surface area contributed by atoms with Gasteiger partial charge in [-0.2, -0.15) is 0 Å². The van der Waals surface area contributed by atoms with Crippen LogP contribution in [0.3, 0.4) is 0 Å². The number of ether oxygens (including phenoxy) is 1. The third kappa shape index (κ3) is 2.00. The van der Waals surface area contributed by atoms with E-state index in [0.717, 1.165) is 12.2 Å². The SMILES string of the molecule is Cc1ccc2c(c1)CC(C)C(C(C)O)O2. The van der Waals surface area contributed by atoms with Crippen molar-refractivity contribution >= 4 is 0 Å². The van der Waals surface area contributed by atoms with Crippen molar-refractivity contribution in [1.29, 1.82) is 0 Å². The molecule has 1 heterocycles. The van der Waals surface area contributed by atoms with Crippen LogP contribution in [0.15, 0.2) is 18.2 Å². The maximum absolute atomic E-state index is 9.60. The minimum Gasteiger partial charge on any atom is -0.487 e. The summed E-state index contributed by atoms with van der Waals surface area (Å²) in [6, 6.07) is 6.23. The zero-order valence-electron chi connectivity index (χ0n) is 9.53. The molecular weight excluding hydrogens is 188 g/mol. The predicted molar refractivity (Wildman–Crippen MR) is 60.1 cm³/mol. The fourth-order valence-corrected chi connectivity index (χ4v) is 2.28. The van der Waals surface area contributed by atoms with Gasteiger partial charge in [-0.15, -0.1) is 0 Å². The summed E-state index contributed by atoms with van der Waals surface area (Å²) < 4.78 is 5.81. The molecule has 1 aromatic carbocycles. The van der Waals surface area contributed by atoms with E-state index in [9.17, 15) is 5.11 Å². The number of aliphatic hydroxyl groups excluding tert-OH is 1. The Morgan fingerprint density at radius 1 is 1.47 bits per heavy atom. The molecule has 0 radical (unpaired) electrons. The topological polar surface area (TPSA) is 29.5 Å². The number of hydrogen-bond donors (Lipinski definition) is 1. The maximum atomic E-state index is 9.60. The Morgan fingerprint density at radius 3 is 2.87 bits per heavy atom. The quantitative estimate of drug-likeness (QED) is 0.764. The number of aliphatic hydroxyl groups is 1. The summed E-state index contributed by atoms with van der Waals surface area (Å²) in [7, 11) is 0. The number of fused-ring (bicyclic) bond motifs is 1. The van der Waals surface area contributed by atoms with Crippen LogP contribution in [0, 0.1) is 12.8 Å². The number of hydrogen-bond acceptors (Lipinski definition) is 2. The van der Waals surface area contributed by atoms with Gasteiger partial charge in [-0.1, -0.05) is 24.6 Å². The van der Waals surface area contributed by atoms with Gasteiger partial charge in [-0.3, -0.25) is 0 Å². The van der Waals surface area contributed by atoms with E-state index in [4.69, 9.17) is 4.74 Å². The van der Waals surface area contributed by atoms with Gasteiger partial charge in [-0.25, -0.2) is 0 Å². The Balaban J connectivity index is 2.29. The molecule has 0 amide bonds. The minimum absolute atomic E-state index is 0.0693. The van der Waals surface area contributed by atoms with Crippen molar-refractivity contribution in [2.45, 2.75) is 39.4 Å². The van der Waals surface area contributed by atoms with E-state index in [-0.39, 0.29) is 6.10 Å². The fraction of sp³-hybridized carbons (Fsp3) is 0.538. The van der Waals surface area contributed by atoms with E-state index < -0.39 is 6.10 Å². The van der Waals surface area contributed by atoms with Crippen molar-refractivity contribution in [2.24, 2.45) is 5.92 Å². The first-order valence-corrected chi connectivity index (χ1v) is 5.52. The second-order valence-electron chi connectivity index (χ2n) is 4.62. The van der Waals surface area contributed by atoms with E-state index in [1.807, 2.05) is 12.1 Å². The molecule has 0 aliphatic carbocycles. The van der Waals surface area contributed by atoms with E-state index in [2.05, 4.69) is 19.9 Å². The van der Waals surface area contributed by atoms with Gasteiger partial charge in [0.25, 0.3) is 0 Å². The van der Waals surface area contributed by atoms with E-state index in [0.29, 0.717) is 5.92 Å². The summed E-state index contributed by atoms with van der Waals surface area (Å²) in [5.41, 5.74) is 2.53. The monoisotopic (exact) mass is 206 g/mol. The van der Waals surface area contributed by atoms with Crippen LogP contribution >= 0.6 is 0 Å². The van der Waals surface area contributed by atoms with Crippen LogP contribution in [0.25, 0.3) is 0 Å². The molecule has 0 aromatic heterocycles. The number of benzene rings is 1. The van der Waals surface area contributed by atoms with Crippen molar-refractivity contribution in [3.05, 3.63) is 29.3 Å². The van der Waals surface area contributed by atoms with Crippen molar-refractivity contribution in [3.8, 4) is 5.75 Å². The zero-order chi connectivity index (χ0) is 11.0. The largest absolute Gasteiger partial charge is 0.487 e. The Bertz CT molecular complexity index is 358. The summed E-state index contributed by atoms with van der Waals surface area (Å²) >= 11 is 0. The van der Waals surface area contributed by atoms with Crippen molar-refractivity contribution in [2.75, 3.05) is 0 Å². The molecule has 1 N–H and O–H groups in total. The molecule has 0 bridgehead atoms. The first-order chi connectivity index (χ1) is 7.08. The van der Waals surface area contributed by atoms with Crippen LogP contribution < -0.4 is 4.74 Å². The summed E-state index contributed by atoms with van der Waals surface area (Å²) in [4.78, 5) is 0. The molecule has 1 aliphatic rings. The zero-order valence-corrected chi connectivity index (χ0v) is 9.53. The van der Waals surface area contributed by atoms with Crippen molar-refractivity contribution < 1.29 is 9.84 Å². The first-order valence-electron chi connectivity index (χ1n) is 5.52. The number of aryl methyl sites for hydroxylation is 1. The molecule has 2 rings (SSSR count). The van der Waals surface area contributed by atoms with E-state index in [1.165, 1.54) is 11.1 Å². The van der Waals surface area contributed by atoms with Gasteiger partial charge < -0.3 is 9.84 Å². The van der Waals surface area contributed by atoms with Gasteiger partial charge >= 0.3 is 0 Å². The lowest BCUT2D eigenvalue weighted by molar-refractivity contribution is 0.00574. The molecule has 0 fully saturated rings. The summed E-state index contributed by atoms with van der Waals surface area (Å²) in [6.45, 7) is 6.01. The summed E-state index contributed by atoms with van der Waals surface area (Å²) in [5, 5.41) is 9.60. The second kappa shape index (κ2) is 3.86. The highest BCUT2D eigenvalue weighted by atomic mass is 16.5. The standard InChI is InChI=1S/C13H18O2/c1-8-4-5-12-11(6-8)7-9(2)13(15-12)10(3)14/h4-6,9-10,13-14H,7H2,1-3H3. The maximum Gasteiger partial charge on any atom is 0.127 e. The smallest absolute Gasteiger partial charge is 0.127 e. The third-order valence-corrected chi connectivity index (χ3v) is 3.06. The molecule has 3 atom stereocenters. The Morgan fingerprint density at radius 2 is 2.20 bits per heavy atom. The van der Waals surface area contributed by atoms with E-state index >= 15 is 0 Å². The molecule has 2 nitrogen and oxygen atoms in total. The summed E-state index contributed by atoms with van der Waals surface area (Å²) in [5.74, 6) is 1.31. The van der Waals surface area contributed by atoms with E-state index in [1.54, 1.807) is 6.92 Å². The van der Waals surface area contributed by atoms with Gasteiger partial charge in [0.1, 0.15) is 11.9 Å². The van der Waals surface area contributed by atoms with Crippen LogP contribution in [0.4, 0.5) is 0 Å². The van der Waals surface area contributed by atoms with Crippen molar-refractivity contribution in [3.63, 3.8) is 0 Å². The highest BCUT2D eigenvalue weighted by Crippen LogP contribution is 2.32. The Labute approximate surface area is 90.9 Å². The van der Waals surface area contributed by atoms with Gasteiger partial charge in [0, 0.05) is 0 Å². The van der Waals surface area contributed by atoms with Crippen LogP contribution in [-0.4, -0.2) is 17.3 Å². The predicted octanol–water partition coefficient (Wildman–Crippen LogP) is 2.32. The molecule has 82 valence electrons. The molecule has 2 heteroatoms.